The van der Waals surface area contributed by atoms with Gasteiger partial charge in [-0.15, -0.1) is 6.58 Å². The molecule has 98 valence electrons. The van der Waals surface area contributed by atoms with Gasteiger partial charge in [0.2, 0.25) is 0 Å². The monoisotopic (exact) mass is 248 g/mol. The molecule has 2 amide bonds. The molecule has 0 fully saturated rings. The summed E-state index contributed by atoms with van der Waals surface area (Å²) in [5.41, 5.74) is 1.15. The first-order valence-corrected chi connectivity index (χ1v) is 6.01. The number of nitrogens with zero attached hydrogens (tertiary/aromatic N) is 1. The number of hydrogen-bond acceptors (Lipinski definition) is 2. The highest BCUT2D eigenvalue weighted by molar-refractivity contribution is 5.73. The lowest BCUT2D eigenvalue weighted by molar-refractivity contribution is 0.213. The van der Waals surface area contributed by atoms with Crippen molar-refractivity contribution in [3.05, 3.63) is 42.5 Å². The number of likely N-dealkylation sites (N-methyl/N-ethyl adjacent to an activating group) is 1. The summed E-state index contributed by atoms with van der Waals surface area (Å²) in [6.45, 7) is 4.77. The molecule has 1 aromatic rings. The molecule has 0 aliphatic rings. The van der Waals surface area contributed by atoms with Crippen LogP contribution in [0.25, 0.3) is 0 Å². The molecule has 0 saturated heterocycles. The minimum absolute atomic E-state index is 0.0828. The first-order valence-electron chi connectivity index (χ1n) is 6.01. The SMILES string of the molecule is C=CCN(C)C(=O)NCCCc1ccc(O)cc1. The lowest BCUT2D eigenvalue weighted by Crippen LogP contribution is -2.37. The van der Waals surface area contributed by atoms with E-state index in [1.807, 2.05) is 12.1 Å². The third-order valence-electron chi connectivity index (χ3n) is 2.60. The Morgan fingerprint density at radius 3 is 2.72 bits per heavy atom. The van der Waals surface area contributed by atoms with Crippen LogP contribution >= 0.6 is 0 Å². The van der Waals surface area contributed by atoms with Crippen LogP contribution in [0.15, 0.2) is 36.9 Å². The standard InChI is InChI=1S/C14H20N2O2/c1-3-11-16(2)14(18)15-10-4-5-12-6-8-13(17)9-7-12/h3,6-9,17H,1,4-5,10-11H2,2H3,(H,15,18). The lowest BCUT2D eigenvalue weighted by Gasteiger charge is -2.15. The molecule has 0 unspecified atom stereocenters. The number of phenolic OH excluding ortho intramolecular Hbond substituents is 1. The first-order chi connectivity index (χ1) is 8.63. The molecule has 0 aliphatic heterocycles. The van der Waals surface area contributed by atoms with Gasteiger partial charge in [0.1, 0.15) is 5.75 Å². The Bertz CT molecular complexity index is 387. The molecule has 4 heteroatoms. The van der Waals surface area contributed by atoms with Crippen LogP contribution in [0.5, 0.6) is 5.75 Å². The highest BCUT2D eigenvalue weighted by Crippen LogP contribution is 2.10. The number of amides is 2. The van der Waals surface area contributed by atoms with E-state index in [1.54, 1.807) is 30.2 Å². The summed E-state index contributed by atoms with van der Waals surface area (Å²) in [6, 6.07) is 7.04. The van der Waals surface area contributed by atoms with E-state index in [0.29, 0.717) is 13.1 Å². The molecule has 1 rings (SSSR count). The largest absolute Gasteiger partial charge is 0.508 e. The van der Waals surface area contributed by atoms with Gasteiger partial charge in [-0.1, -0.05) is 18.2 Å². The van der Waals surface area contributed by atoms with E-state index >= 15 is 0 Å². The molecule has 0 radical (unpaired) electrons. The number of nitrogens with one attached hydrogen (secondary N) is 1. The fourth-order valence-electron chi connectivity index (χ4n) is 1.56. The van der Waals surface area contributed by atoms with Gasteiger partial charge >= 0.3 is 6.03 Å². The molecule has 0 bridgehead atoms. The number of rotatable bonds is 6. The number of benzene rings is 1. The summed E-state index contributed by atoms with van der Waals surface area (Å²) < 4.78 is 0. The van der Waals surface area contributed by atoms with Crippen molar-refractivity contribution < 1.29 is 9.90 Å². The van der Waals surface area contributed by atoms with Crippen LogP contribution in [0, 0.1) is 0 Å². The summed E-state index contributed by atoms with van der Waals surface area (Å²) in [5.74, 6) is 0.276. The Labute approximate surface area is 108 Å². The van der Waals surface area contributed by atoms with Crippen molar-refractivity contribution in [2.45, 2.75) is 12.8 Å². The zero-order valence-corrected chi connectivity index (χ0v) is 10.7. The van der Waals surface area contributed by atoms with Crippen molar-refractivity contribution in [1.29, 1.82) is 0 Å². The molecule has 1 aromatic carbocycles. The summed E-state index contributed by atoms with van der Waals surface area (Å²) >= 11 is 0. The predicted octanol–water partition coefficient (Wildman–Crippen LogP) is 2.15. The Kier molecular flexibility index (Phi) is 5.77. The second-order valence-corrected chi connectivity index (χ2v) is 4.17. The Balaban J connectivity index is 2.20. The van der Waals surface area contributed by atoms with Gasteiger partial charge in [0.05, 0.1) is 0 Å². The van der Waals surface area contributed by atoms with Gasteiger partial charge in [0, 0.05) is 20.1 Å². The van der Waals surface area contributed by atoms with Crippen LogP contribution in [0.2, 0.25) is 0 Å². The van der Waals surface area contributed by atoms with E-state index in [-0.39, 0.29) is 11.8 Å². The summed E-state index contributed by atoms with van der Waals surface area (Å²) in [5, 5.41) is 12.0. The maximum absolute atomic E-state index is 11.5. The third kappa shape index (κ3) is 4.91. The van der Waals surface area contributed by atoms with Crippen molar-refractivity contribution in [3.8, 4) is 5.75 Å². The molecule has 0 atom stereocenters. The molecular weight excluding hydrogens is 228 g/mol. The van der Waals surface area contributed by atoms with Gasteiger partial charge in [-0.2, -0.15) is 0 Å². The Morgan fingerprint density at radius 1 is 1.44 bits per heavy atom. The molecule has 0 aliphatic carbocycles. The van der Waals surface area contributed by atoms with E-state index in [9.17, 15) is 4.79 Å². The van der Waals surface area contributed by atoms with E-state index in [4.69, 9.17) is 5.11 Å². The van der Waals surface area contributed by atoms with E-state index in [2.05, 4.69) is 11.9 Å². The Morgan fingerprint density at radius 2 is 2.11 bits per heavy atom. The number of carbonyl (C=O) groups is 1. The molecule has 0 saturated carbocycles. The number of urea groups is 1. The topological polar surface area (TPSA) is 52.6 Å². The van der Waals surface area contributed by atoms with Crippen LogP contribution in [-0.4, -0.2) is 36.2 Å². The molecule has 0 aromatic heterocycles. The van der Waals surface area contributed by atoms with Crippen LogP contribution < -0.4 is 5.32 Å². The van der Waals surface area contributed by atoms with E-state index < -0.39 is 0 Å². The van der Waals surface area contributed by atoms with Gasteiger partial charge in [-0.3, -0.25) is 0 Å². The molecule has 0 heterocycles. The third-order valence-corrected chi connectivity index (χ3v) is 2.60. The predicted molar refractivity (Wildman–Crippen MR) is 72.7 cm³/mol. The average Bonchev–Trinajstić information content (AvgIpc) is 2.36. The van der Waals surface area contributed by atoms with Crippen molar-refractivity contribution in [3.63, 3.8) is 0 Å². The lowest BCUT2D eigenvalue weighted by atomic mass is 10.1. The zero-order valence-electron chi connectivity index (χ0n) is 10.7. The fraction of sp³-hybridized carbons (Fsp3) is 0.357. The summed E-state index contributed by atoms with van der Waals surface area (Å²) in [7, 11) is 1.73. The number of carbonyl (C=O) groups excluding carboxylic acids is 1. The second kappa shape index (κ2) is 7.37. The number of aromatic hydroxyl groups is 1. The van der Waals surface area contributed by atoms with Crippen molar-refractivity contribution in [2.75, 3.05) is 20.1 Å². The highest BCUT2D eigenvalue weighted by atomic mass is 16.3. The quantitative estimate of drug-likeness (QED) is 0.598. The van der Waals surface area contributed by atoms with Crippen LogP contribution in [-0.2, 0) is 6.42 Å². The average molecular weight is 248 g/mol. The molecule has 0 spiro atoms. The van der Waals surface area contributed by atoms with E-state index in [0.717, 1.165) is 18.4 Å². The maximum atomic E-state index is 11.5. The van der Waals surface area contributed by atoms with Gasteiger partial charge in [0.25, 0.3) is 0 Å². The normalized spacial score (nSPS) is 9.83. The van der Waals surface area contributed by atoms with Crippen molar-refractivity contribution >= 4 is 6.03 Å². The first kappa shape index (κ1) is 14.1. The molecule has 4 nitrogen and oxygen atoms in total. The minimum atomic E-state index is -0.0828. The van der Waals surface area contributed by atoms with Crippen LogP contribution in [0.1, 0.15) is 12.0 Å². The number of hydrogen-bond donors (Lipinski definition) is 2. The van der Waals surface area contributed by atoms with E-state index in [1.165, 1.54) is 0 Å². The Hall–Kier alpha value is -1.97. The maximum Gasteiger partial charge on any atom is 0.317 e. The van der Waals surface area contributed by atoms with Crippen LogP contribution in [0.4, 0.5) is 4.79 Å². The smallest absolute Gasteiger partial charge is 0.317 e. The fourth-order valence-corrected chi connectivity index (χ4v) is 1.56. The van der Waals surface area contributed by atoms with Gasteiger partial charge in [0.15, 0.2) is 0 Å². The summed E-state index contributed by atoms with van der Waals surface area (Å²) in [6.07, 6.45) is 3.44. The minimum Gasteiger partial charge on any atom is -0.508 e. The zero-order chi connectivity index (χ0) is 13.4. The number of phenols is 1. The van der Waals surface area contributed by atoms with Crippen molar-refractivity contribution in [1.82, 2.24) is 10.2 Å². The molecule has 18 heavy (non-hydrogen) atoms. The van der Waals surface area contributed by atoms with Gasteiger partial charge in [-0.25, -0.2) is 4.79 Å². The molecule has 2 N–H and O–H groups in total. The summed E-state index contributed by atoms with van der Waals surface area (Å²) in [4.78, 5) is 13.1. The van der Waals surface area contributed by atoms with Gasteiger partial charge in [-0.05, 0) is 30.5 Å². The highest BCUT2D eigenvalue weighted by Gasteiger charge is 2.04. The molecular formula is C14H20N2O2. The van der Waals surface area contributed by atoms with Crippen LogP contribution in [0.3, 0.4) is 0 Å². The van der Waals surface area contributed by atoms with Crippen molar-refractivity contribution in [2.24, 2.45) is 0 Å². The number of aryl methyl sites for hydroxylation is 1. The van der Waals surface area contributed by atoms with Gasteiger partial charge < -0.3 is 15.3 Å². The second-order valence-electron chi connectivity index (χ2n) is 4.17.